The lowest BCUT2D eigenvalue weighted by molar-refractivity contribution is 0.147. The molecule has 15 heavy (non-hydrogen) atoms. The van der Waals surface area contributed by atoms with Gasteiger partial charge in [0.2, 0.25) is 6.43 Å². The smallest absolute Gasteiger partial charge is 0.242 e. The molecular weight excluding hydrogens is 210 g/mol. The first-order valence-electron chi connectivity index (χ1n) is 4.50. The fourth-order valence-electron chi connectivity index (χ4n) is 1.43. The fourth-order valence-corrected chi connectivity index (χ4v) is 1.43. The van der Waals surface area contributed by atoms with Crippen molar-refractivity contribution in [3.8, 4) is 0 Å². The fraction of sp³-hybridized carbons (Fsp3) is 0.400. The lowest BCUT2D eigenvalue weighted by Gasteiger charge is -2.11. The van der Waals surface area contributed by atoms with Crippen LogP contribution in [-0.2, 0) is 12.8 Å². The average molecular weight is 221 g/mol. The van der Waals surface area contributed by atoms with Crippen LogP contribution in [0.25, 0.3) is 0 Å². The molecule has 1 rings (SSSR count). The van der Waals surface area contributed by atoms with Gasteiger partial charge in [0, 0.05) is 6.42 Å². The molecule has 0 aliphatic carbocycles. The zero-order valence-corrected chi connectivity index (χ0v) is 8.16. The normalized spacial score (nSPS) is 11.1. The Labute approximate surface area is 84.9 Å². The quantitative estimate of drug-likeness (QED) is 0.616. The summed E-state index contributed by atoms with van der Waals surface area (Å²) in [5, 5.41) is 0. The van der Waals surface area contributed by atoms with Gasteiger partial charge in [0.05, 0.1) is 5.69 Å². The summed E-state index contributed by atoms with van der Waals surface area (Å²) in [7, 11) is 0. The highest BCUT2D eigenvalue weighted by Crippen LogP contribution is 2.25. The van der Waals surface area contributed by atoms with E-state index in [4.69, 9.17) is 5.73 Å². The van der Waals surface area contributed by atoms with Gasteiger partial charge in [-0.15, -0.1) is 0 Å². The number of halogens is 4. The molecule has 0 heterocycles. The Morgan fingerprint density at radius 3 is 2.33 bits per heavy atom. The van der Waals surface area contributed by atoms with Crippen LogP contribution in [0.2, 0.25) is 0 Å². The van der Waals surface area contributed by atoms with E-state index in [1.165, 1.54) is 6.07 Å². The summed E-state index contributed by atoms with van der Waals surface area (Å²) in [4.78, 5) is 0. The van der Waals surface area contributed by atoms with E-state index in [-0.39, 0.29) is 11.3 Å². The third-order valence-corrected chi connectivity index (χ3v) is 2.17. The minimum Gasteiger partial charge on any atom is -0.396 e. The van der Waals surface area contributed by atoms with Crippen LogP contribution in [0.15, 0.2) is 6.07 Å². The van der Waals surface area contributed by atoms with Crippen LogP contribution in [0, 0.1) is 11.6 Å². The van der Waals surface area contributed by atoms with E-state index in [0.29, 0.717) is 12.0 Å². The van der Waals surface area contributed by atoms with Gasteiger partial charge in [-0.1, -0.05) is 6.92 Å². The van der Waals surface area contributed by atoms with Crippen molar-refractivity contribution in [2.75, 3.05) is 5.73 Å². The number of rotatable bonds is 3. The largest absolute Gasteiger partial charge is 0.396 e. The molecule has 0 saturated carbocycles. The molecule has 0 unspecified atom stereocenters. The molecule has 1 aromatic carbocycles. The van der Waals surface area contributed by atoms with Crippen molar-refractivity contribution in [1.82, 2.24) is 0 Å². The second kappa shape index (κ2) is 4.51. The monoisotopic (exact) mass is 221 g/mol. The van der Waals surface area contributed by atoms with Gasteiger partial charge in [0.25, 0.3) is 0 Å². The van der Waals surface area contributed by atoms with Gasteiger partial charge in [0.15, 0.2) is 11.6 Å². The van der Waals surface area contributed by atoms with Gasteiger partial charge in [-0.3, -0.25) is 0 Å². The van der Waals surface area contributed by atoms with E-state index in [2.05, 4.69) is 0 Å². The predicted octanol–water partition coefficient (Wildman–Crippen LogP) is 2.92. The molecule has 0 bridgehead atoms. The topological polar surface area (TPSA) is 26.0 Å². The third-order valence-electron chi connectivity index (χ3n) is 2.17. The van der Waals surface area contributed by atoms with Gasteiger partial charge < -0.3 is 5.73 Å². The van der Waals surface area contributed by atoms with E-state index < -0.39 is 24.5 Å². The summed E-state index contributed by atoms with van der Waals surface area (Å²) in [6.45, 7) is 1.67. The molecule has 0 saturated heterocycles. The Hall–Kier alpha value is -1.26. The molecule has 0 aliphatic rings. The SMILES string of the molecule is CCc1cc(N)c(F)c(F)c1CC(F)F. The molecule has 84 valence electrons. The first kappa shape index (κ1) is 11.8. The molecule has 0 fully saturated rings. The molecule has 1 nitrogen and oxygen atoms in total. The summed E-state index contributed by atoms with van der Waals surface area (Å²) in [6.07, 6.45) is -3.15. The van der Waals surface area contributed by atoms with E-state index in [1.54, 1.807) is 6.92 Å². The Kier molecular flexibility index (Phi) is 3.55. The Bertz CT molecular complexity index is 363. The maximum absolute atomic E-state index is 13.3. The zero-order chi connectivity index (χ0) is 11.6. The van der Waals surface area contributed by atoms with Crippen LogP contribution in [-0.4, -0.2) is 6.43 Å². The second-order valence-electron chi connectivity index (χ2n) is 3.18. The summed E-state index contributed by atoms with van der Waals surface area (Å²) < 4.78 is 50.6. The molecule has 1 aromatic rings. The van der Waals surface area contributed by atoms with E-state index >= 15 is 0 Å². The number of hydrogen-bond acceptors (Lipinski definition) is 1. The Morgan fingerprint density at radius 1 is 1.27 bits per heavy atom. The lowest BCUT2D eigenvalue weighted by atomic mass is 10.0. The van der Waals surface area contributed by atoms with Crippen molar-refractivity contribution < 1.29 is 17.6 Å². The molecule has 0 aliphatic heterocycles. The van der Waals surface area contributed by atoms with Crippen molar-refractivity contribution >= 4 is 5.69 Å². The lowest BCUT2D eigenvalue weighted by Crippen LogP contribution is -2.08. The number of nitrogen functional groups attached to an aromatic ring is 1. The van der Waals surface area contributed by atoms with Crippen molar-refractivity contribution in [3.05, 3.63) is 28.8 Å². The van der Waals surface area contributed by atoms with Crippen molar-refractivity contribution in [2.45, 2.75) is 26.2 Å². The van der Waals surface area contributed by atoms with E-state index in [1.807, 2.05) is 0 Å². The first-order valence-corrected chi connectivity index (χ1v) is 4.50. The summed E-state index contributed by atoms with van der Waals surface area (Å²) in [5.74, 6) is -2.50. The number of hydrogen-bond donors (Lipinski definition) is 1. The van der Waals surface area contributed by atoms with Gasteiger partial charge in [-0.05, 0) is 23.6 Å². The molecule has 0 radical (unpaired) electrons. The van der Waals surface area contributed by atoms with Gasteiger partial charge >= 0.3 is 0 Å². The number of aryl methyl sites for hydroxylation is 1. The molecule has 5 heteroatoms. The number of anilines is 1. The minimum atomic E-state index is -2.70. The first-order chi connectivity index (χ1) is 6.97. The second-order valence-corrected chi connectivity index (χ2v) is 3.18. The van der Waals surface area contributed by atoms with E-state index in [9.17, 15) is 17.6 Å². The predicted molar refractivity (Wildman–Crippen MR) is 49.9 cm³/mol. The highest BCUT2D eigenvalue weighted by molar-refractivity contribution is 5.47. The molecule has 0 atom stereocenters. The summed E-state index contributed by atoms with van der Waals surface area (Å²) in [6, 6.07) is 1.20. The van der Waals surface area contributed by atoms with Crippen molar-refractivity contribution in [2.24, 2.45) is 0 Å². The zero-order valence-electron chi connectivity index (χ0n) is 8.16. The van der Waals surface area contributed by atoms with E-state index in [0.717, 1.165) is 0 Å². The van der Waals surface area contributed by atoms with Crippen LogP contribution >= 0.6 is 0 Å². The maximum Gasteiger partial charge on any atom is 0.242 e. The highest BCUT2D eigenvalue weighted by atomic mass is 19.3. The van der Waals surface area contributed by atoms with Crippen LogP contribution in [0.4, 0.5) is 23.2 Å². The van der Waals surface area contributed by atoms with Crippen molar-refractivity contribution in [1.29, 1.82) is 0 Å². The standard InChI is InChI=1S/C10H11F4N/c1-2-5-3-7(15)10(14)9(13)6(5)4-8(11)12/h3,8H,2,4,15H2,1H3. The number of nitrogens with two attached hydrogens (primary N) is 1. The van der Waals surface area contributed by atoms with Crippen LogP contribution < -0.4 is 5.73 Å². The van der Waals surface area contributed by atoms with Crippen molar-refractivity contribution in [3.63, 3.8) is 0 Å². The average Bonchev–Trinajstić information content (AvgIpc) is 2.18. The number of benzene rings is 1. The Balaban J connectivity index is 3.27. The molecular formula is C10H11F4N. The summed E-state index contributed by atoms with van der Waals surface area (Å²) in [5.41, 5.74) is 4.90. The third kappa shape index (κ3) is 2.40. The molecule has 0 spiro atoms. The molecule has 2 N–H and O–H groups in total. The van der Waals surface area contributed by atoms with Gasteiger partial charge in [-0.25, -0.2) is 17.6 Å². The van der Waals surface area contributed by atoms with Gasteiger partial charge in [0.1, 0.15) is 0 Å². The maximum atomic E-state index is 13.3. The van der Waals surface area contributed by atoms with Crippen LogP contribution in [0.5, 0.6) is 0 Å². The number of alkyl halides is 2. The Morgan fingerprint density at radius 2 is 1.87 bits per heavy atom. The summed E-state index contributed by atoms with van der Waals surface area (Å²) >= 11 is 0. The molecule has 0 aromatic heterocycles. The van der Waals surface area contributed by atoms with Gasteiger partial charge in [-0.2, -0.15) is 0 Å². The van der Waals surface area contributed by atoms with Crippen LogP contribution in [0.3, 0.4) is 0 Å². The van der Waals surface area contributed by atoms with Crippen LogP contribution in [0.1, 0.15) is 18.1 Å². The molecule has 0 amide bonds. The minimum absolute atomic E-state index is 0.279. The highest BCUT2D eigenvalue weighted by Gasteiger charge is 2.19.